The zero-order valence-electron chi connectivity index (χ0n) is 9.14. The predicted octanol–water partition coefficient (Wildman–Crippen LogP) is 3.52. The lowest BCUT2D eigenvalue weighted by molar-refractivity contribution is 0.0696. The number of carboxylic acid groups (broad SMARTS) is 1. The fraction of sp³-hybridized carbons (Fsp3) is 0.0769. The van der Waals surface area contributed by atoms with Gasteiger partial charge in [-0.1, -0.05) is 12.1 Å². The molecule has 17 heavy (non-hydrogen) atoms. The maximum absolute atomic E-state index is 10.9. The van der Waals surface area contributed by atoms with E-state index in [1.165, 1.54) is 0 Å². The second-order valence-electron chi connectivity index (χ2n) is 3.68. The summed E-state index contributed by atoms with van der Waals surface area (Å²) in [5.74, 6) is -0.906. The van der Waals surface area contributed by atoms with E-state index < -0.39 is 5.97 Å². The van der Waals surface area contributed by atoms with E-state index in [1.807, 2.05) is 24.3 Å². The number of hydrogen-bond acceptors (Lipinski definition) is 2. The highest BCUT2D eigenvalue weighted by Crippen LogP contribution is 2.22. The van der Waals surface area contributed by atoms with Gasteiger partial charge in [-0.2, -0.15) is 0 Å². The summed E-state index contributed by atoms with van der Waals surface area (Å²) in [4.78, 5) is 15.2. The Balaban J connectivity index is 2.48. The highest BCUT2D eigenvalue weighted by atomic mass is 79.9. The number of pyridine rings is 1. The number of halogens is 1. The molecule has 86 valence electrons. The zero-order valence-corrected chi connectivity index (χ0v) is 10.7. The Hall–Kier alpha value is -1.68. The van der Waals surface area contributed by atoms with Gasteiger partial charge in [-0.3, -0.25) is 0 Å². The molecule has 1 heterocycles. The Labute approximate surface area is 107 Å². The topological polar surface area (TPSA) is 50.2 Å². The van der Waals surface area contributed by atoms with Crippen LogP contribution in [0.5, 0.6) is 0 Å². The second kappa shape index (κ2) is 4.67. The number of benzene rings is 1. The summed E-state index contributed by atoms with van der Waals surface area (Å²) in [5.41, 5.74) is 2.79. The van der Waals surface area contributed by atoms with Crippen LogP contribution in [0.4, 0.5) is 0 Å². The van der Waals surface area contributed by atoms with Gasteiger partial charge in [0.25, 0.3) is 0 Å². The number of aromatic nitrogens is 1. The van der Waals surface area contributed by atoms with E-state index in [1.54, 1.807) is 19.1 Å². The Morgan fingerprint density at radius 3 is 2.65 bits per heavy atom. The van der Waals surface area contributed by atoms with Crippen molar-refractivity contribution in [3.8, 4) is 11.3 Å². The van der Waals surface area contributed by atoms with E-state index in [0.717, 1.165) is 21.4 Å². The van der Waals surface area contributed by atoms with Crippen molar-refractivity contribution < 1.29 is 9.90 Å². The van der Waals surface area contributed by atoms with E-state index in [4.69, 9.17) is 5.11 Å². The van der Waals surface area contributed by atoms with Crippen molar-refractivity contribution in [1.82, 2.24) is 4.98 Å². The summed E-state index contributed by atoms with van der Waals surface area (Å²) in [6, 6.07) is 10.8. The number of rotatable bonds is 2. The van der Waals surface area contributed by atoms with Crippen LogP contribution in [0, 0.1) is 6.92 Å². The molecule has 0 unspecified atom stereocenters. The Bertz CT molecular complexity index is 581. The molecule has 0 saturated heterocycles. The summed E-state index contributed by atoms with van der Waals surface area (Å²) in [6.45, 7) is 1.78. The summed E-state index contributed by atoms with van der Waals surface area (Å²) in [7, 11) is 0. The third kappa shape index (κ3) is 2.53. The van der Waals surface area contributed by atoms with Crippen LogP contribution in [0.15, 0.2) is 41.0 Å². The van der Waals surface area contributed by atoms with Crippen LogP contribution in [-0.4, -0.2) is 16.1 Å². The Morgan fingerprint density at radius 1 is 1.29 bits per heavy atom. The van der Waals surface area contributed by atoms with Gasteiger partial charge < -0.3 is 5.11 Å². The smallest absolute Gasteiger partial charge is 0.335 e. The molecule has 0 fully saturated rings. The molecule has 2 aromatic rings. The standard InChI is InChI=1S/C13H10BrNO2/c1-8-7-9(5-6-10(8)13(16)17)11-3-2-4-12(14)15-11/h2-7H,1H3,(H,16,17). The summed E-state index contributed by atoms with van der Waals surface area (Å²) in [6.07, 6.45) is 0. The normalized spacial score (nSPS) is 10.2. The summed E-state index contributed by atoms with van der Waals surface area (Å²) in [5, 5.41) is 8.95. The highest BCUT2D eigenvalue weighted by molar-refractivity contribution is 9.10. The van der Waals surface area contributed by atoms with Gasteiger partial charge in [0.15, 0.2) is 0 Å². The molecule has 0 spiro atoms. The Kier molecular flexibility index (Phi) is 3.24. The number of nitrogens with zero attached hydrogens (tertiary/aromatic N) is 1. The first kappa shape index (κ1) is 11.8. The number of aryl methyl sites for hydroxylation is 1. The van der Waals surface area contributed by atoms with Gasteiger partial charge in [-0.05, 0) is 52.7 Å². The van der Waals surface area contributed by atoms with E-state index >= 15 is 0 Å². The van der Waals surface area contributed by atoms with Gasteiger partial charge in [0.2, 0.25) is 0 Å². The lowest BCUT2D eigenvalue weighted by Crippen LogP contribution is -1.99. The van der Waals surface area contributed by atoms with Crippen LogP contribution in [0.1, 0.15) is 15.9 Å². The van der Waals surface area contributed by atoms with Gasteiger partial charge in [0.1, 0.15) is 4.60 Å². The molecule has 3 nitrogen and oxygen atoms in total. The Morgan fingerprint density at radius 2 is 2.06 bits per heavy atom. The molecule has 0 saturated carbocycles. The summed E-state index contributed by atoms with van der Waals surface area (Å²) >= 11 is 3.31. The average molecular weight is 292 g/mol. The number of aromatic carboxylic acids is 1. The van der Waals surface area contributed by atoms with E-state index in [9.17, 15) is 4.79 Å². The van der Waals surface area contributed by atoms with E-state index in [0.29, 0.717) is 5.56 Å². The molecular weight excluding hydrogens is 282 g/mol. The predicted molar refractivity (Wildman–Crippen MR) is 69.1 cm³/mol. The molecule has 0 bridgehead atoms. The average Bonchev–Trinajstić information content (AvgIpc) is 2.28. The van der Waals surface area contributed by atoms with Crippen LogP contribution in [0.3, 0.4) is 0 Å². The molecule has 1 N–H and O–H groups in total. The molecule has 0 aliphatic rings. The third-order valence-electron chi connectivity index (χ3n) is 2.47. The summed E-state index contributed by atoms with van der Waals surface area (Å²) < 4.78 is 0.759. The number of carboxylic acids is 1. The first-order valence-electron chi connectivity index (χ1n) is 5.05. The lowest BCUT2D eigenvalue weighted by Gasteiger charge is -2.05. The molecule has 0 atom stereocenters. The molecule has 1 aromatic carbocycles. The fourth-order valence-electron chi connectivity index (χ4n) is 1.63. The molecule has 2 rings (SSSR count). The van der Waals surface area contributed by atoms with Crippen molar-refractivity contribution >= 4 is 21.9 Å². The molecule has 0 radical (unpaired) electrons. The minimum absolute atomic E-state index is 0.323. The fourth-order valence-corrected chi connectivity index (χ4v) is 1.98. The van der Waals surface area contributed by atoms with Crippen molar-refractivity contribution in [2.75, 3.05) is 0 Å². The van der Waals surface area contributed by atoms with Crippen molar-refractivity contribution in [2.45, 2.75) is 6.92 Å². The van der Waals surface area contributed by atoms with Crippen molar-refractivity contribution in [3.63, 3.8) is 0 Å². The van der Waals surface area contributed by atoms with Crippen molar-refractivity contribution in [3.05, 3.63) is 52.1 Å². The van der Waals surface area contributed by atoms with Gasteiger partial charge in [0, 0.05) is 5.56 Å². The molecule has 1 aromatic heterocycles. The minimum Gasteiger partial charge on any atom is -0.478 e. The third-order valence-corrected chi connectivity index (χ3v) is 2.91. The van der Waals surface area contributed by atoms with Gasteiger partial charge in [-0.25, -0.2) is 9.78 Å². The second-order valence-corrected chi connectivity index (χ2v) is 4.49. The van der Waals surface area contributed by atoms with Gasteiger partial charge in [0.05, 0.1) is 11.3 Å². The SMILES string of the molecule is Cc1cc(-c2cccc(Br)n2)ccc1C(=O)O. The maximum atomic E-state index is 10.9. The molecule has 4 heteroatoms. The van der Waals surface area contributed by atoms with E-state index in [2.05, 4.69) is 20.9 Å². The number of hydrogen-bond donors (Lipinski definition) is 1. The first-order chi connectivity index (χ1) is 8.08. The van der Waals surface area contributed by atoms with Crippen LogP contribution < -0.4 is 0 Å². The van der Waals surface area contributed by atoms with Gasteiger partial charge >= 0.3 is 5.97 Å². The first-order valence-corrected chi connectivity index (χ1v) is 5.84. The van der Waals surface area contributed by atoms with Crippen LogP contribution in [-0.2, 0) is 0 Å². The lowest BCUT2D eigenvalue weighted by atomic mass is 10.0. The van der Waals surface area contributed by atoms with E-state index in [-0.39, 0.29) is 0 Å². The number of carbonyl (C=O) groups is 1. The molecule has 0 amide bonds. The quantitative estimate of drug-likeness (QED) is 0.862. The highest BCUT2D eigenvalue weighted by Gasteiger charge is 2.08. The van der Waals surface area contributed by atoms with Crippen molar-refractivity contribution in [2.24, 2.45) is 0 Å². The molecular formula is C13H10BrNO2. The monoisotopic (exact) mass is 291 g/mol. The minimum atomic E-state index is -0.906. The van der Waals surface area contributed by atoms with Gasteiger partial charge in [-0.15, -0.1) is 0 Å². The maximum Gasteiger partial charge on any atom is 0.335 e. The van der Waals surface area contributed by atoms with Crippen LogP contribution in [0.2, 0.25) is 0 Å². The van der Waals surface area contributed by atoms with Crippen LogP contribution in [0.25, 0.3) is 11.3 Å². The van der Waals surface area contributed by atoms with Crippen molar-refractivity contribution in [1.29, 1.82) is 0 Å². The molecule has 0 aliphatic carbocycles. The van der Waals surface area contributed by atoms with Crippen LogP contribution >= 0.6 is 15.9 Å². The molecule has 0 aliphatic heterocycles. The largest absolute Gasteiger partial charge is 0.478 e. The zero-order chi connectivity index (χ0) is 12.4.